The largest absolute Gasteiger partial charge is 0.480 e. The first-order chi connectivity index (χ1) is 7.77. The van der Waals surface area contributed by atoms with E-state index in [1.165, 1.54) is 0 Å². The highest BCUT2D eigenvalue weighted by Gasteiger charge is 2.32. The van der Waals surface area contributed by atoms with E-state index < -0.39 is 12.0 Å². The zero-order valence-electron chi connectivity index (χ0n) is 9.35. The van der Waals surface area contributed by atoms with Crippen molar-refractivity contribution in [1.82, 2.24) is 5.32 Å². The van der Waals surface area contributed by atoms with Gasteiger partial charge < -0.3 is 14.6 Å². The minimum atomic E-state index is -0.829. The number of carboxylic acids is 1. The van der Waals surface area contributed by atoms with Crippen LogP contribution in [0.3, 0.4) is 0 Å². The van der Waals surface area contributed by atoms with Crippen molar-refractivity contribution >= 4 is 5.97 Å². The number of rotatable bonds is 5. The summed E-state index contributed by atoms with van der Waals surface area (Å²) in [6.45, 7) is 2.08. The number of nitrogens with one attached hydrogen (secondary N) is 1. The van der Waals surface area contributed by atoms with E-state index in [1.54, 1.807) is 0 Å². The smallest absolute Gasteiger partial charge is 0.323 e. The minimum Gasteiger partial charge on any atom is -0.480 e. The van der Waals surface area contributed by atoms with E-state index in [0.717, 1.165) is 32.3 Å². The maximum atomic E-state index is 11.1. The topological polar surface area (TPSA) is 67.8 Å². The summed E-state index contributed by atoms with van der Waals surface area (Å²) >= 11 is 0. The lowest BCUT2D eigenvalue weighted by molar-refractivity contribution is -0.143. The van der Waals surface area contributed by atoms with Gasteiger partial charge in [-0.05, 0) is 25.7 Å². The third-order valence-corrected chi connectivity index (χ3v) is 3.19. The Morgan fingerprint density at radius 2 is 2.06 bits per heavy atom. The van der Waals surface area contributed by atoms with E-state index in [2.05, 4.69) is 5.32 Å². The lowest BCUT2D eigenvalue weighted by atomic mass is 10.1. The highest BCUT2D eigenvalue weighted by molar-refractivity contribution is 5.74. The minimum absolute atomic E-state index is 0.170. The quantitative estimate of drug-likeness (QED) is 0.713. The fraction of sp³-hybridized carbons (Fsp3) is 0.909. The predicted octanol–water partition coefficient (Wildman–Crippen LogP) is 0.387. The Morgan fingerprint density at radius 3 is 2.62 bits per heavy atom. The molecular formula is C11H19NO4. The molecule has 0 spiro atoms. The molecule has 0 aliphatic carbocycles. The molecule has 0 amide bonds. The van der Waals surface area contributed by atoms with Gasteiger partial charge in [-0.15, -0.1) is 0 Å². The maximum Gasteiger partial charge on any atom is 0.323 e. The predicted molar refractivity (Wildman–Crippen MR) is 57.4 cm³/mol. The second-order valence-electron chi connectivity index (χ2n) is 4.41. The standard InChI is InChI=1S/C11H19NO4/c13-11(14)10(9-4-2-6-16-9)12-7-8-3-1-5-15-8/h8-10,12H,1-7H2,(H,13,14). The number of hydrogen-bond acceptors (Lipinski definition) is 4. The van der Waals surface area contributed by atoms with E-state index in [-0.39, 0.29) is 12.2 Å². The summed E-state index contributed by atoms with van der Waals surface area (Å²) in [6.07, 6.45) is 3.86. The summed E-state index contributed by atoms with van der Waals surface area (Å²) in [5.74, 6) is -0.829. The van der Waals surface area contributed by atoms with Crippen molar-refractivity contribution < 1.29 is 19.4 Å². The molecule has 2 heterocycles. The Balaban J connectivity index is 1.79. The van der Waals surface area contributed by atoms with Crippen molar-refractivity contribution in [2.75, 3.05) is 19.8 Å². The van der Waals surface area contributed by atoms with E-state index >= 15 is 0 Å². The van der Waals surface area contributed by atoms with E-state index in [4.69, 9.17) is 14.6 Å². The van der Waals surface area contributed by atoms with Crippen molar-refractivity contribution in [2.45, 2.75) is 43.9 Å². The number of ether oxygens (including phenoxy) is 2. The van der Waals surface area contributed by atoms with Crippen molar-refractivity contribution in [1.29, 1.82) is 0 Å². The molecule has 2 saturated heterocycles. The molecule has 0 radical (unpaired) electrons. The molecule has 2 N–H and O–H groups in total. The Morgan fingerprint density at radius 1 is 1.31 bits per heavy atom. The van der Waals surface area contributed by atoms with Gasteiger partial charge in [0, 0.05) is 19.8 Å². The summed E-state index contributed by atoms with van der Waals surface area (Å²) < 4.78 is 10.9. The van der Waals surface area contributed by atoms with E-state index in [9.17, 15) is 4.79 Å². The molecule has 3 atom stereocenters. The van der Waals surface area contributed by atoms with Gasteiger partial charge in [-0.25, -0.2) is 0 Å². The molecular weight excluding hydrogens is 210 g/mol. The average Bonchev–Trinajstić information content (AvgIpc) is 2.88. The number of aliphatic carboxylic acids is 1. The van der Waals surface area contributed by atoms with Gasteiger partial charge in [-0.3, -0.25) is 10.1 Å². The zero-order chi connectivity index (χ0) is 11.4. The van der Waals surface area contributed by atoms with Crippen LogP contribution in [0.1, 0.15) is 25.7 Å². The Labute approximate surface area is 95.1 Å². The third kappa shape index (κ3) is 2.93. The first-order valence-corrected chi connectivity index (χ1v) is 5.97. The summed E-state index contributed by atoms with van der Waals surface area (Å²) in [6, 6.07) is -0.591. The van der Waals surface area contributed by atoms with Crippen LogP contribution in [0.2, 0.25) is 0 Å². The Hall–Kier alpha value is -0.650. The lowest BCUT2D eigenvalue weighted by Gasteiger charge is -2.21. The molecule has 0 bridgehead atoms. The van der Waals surface area contributed by atoms with E-state index in [0.29, 0.717) is 13.2 Å². The van der Waals surface area contributed by atoms with Gasteiger partial charge in [-0.2, -0.15) is 0 Å². The van der Waals surface area contributed by atoms with Crippen LogP contribution in [0, 0.1) is 0 Å². The van der Waals surface area contributed by atoms with Crippen molar-refractivity contribution in [3.05, 3.63) is 0 Å². The third-order valence-electron chi connectivity index (χ3n) is 3.19. The molecule has 0 aromatic carbocycles. The summed E-state index contributed by atoms with van der Waals surface area (Å²) in [5, 5.41) is 12.2. The van der Waals surface area contributed by atoms with Gasteiger partial charge in [0.15, 0.2) is 0 Å². The first-order valence-electron chi connectivity index (χ1n) is 5.97. The fourth-order valence-corrected chi connectivity index (χ4v) is 2.31. The lowest BCUT2D eigenvalue weighted by Crippen LogP contribution is -2.48. The monoisotopic (exact) mass is 229 g/mol. The van der Waals surface area contributed by atoms with Crippen LogP contribution >= 0.6 is 0 Å². The van der Waals surface area contributed by atoms with Crippen LogP contribution in [0.5, 0.6) is 0 Å². The van der Waals surface area contributed by atoms with Crippen molar-refractivity contribution in [3.63, 3.8) is 0 Å². The summed E-state index contributed by atoms with van der Waals surface area (Å²) in [7, 11) is 0. The van der Waals surface area contributed by atoms with Crippen molar-refractivity contribution in [3.8, 4) is 0 Å². The van der Waals surface area contributed by atoms with Gasteiger partial charge in [0.05, 0.1) is 12.2 Å². The number of carboxylic acid groups (broad SMARTS) is 1. The van der Waals surface area contributed by atoms with Gasteiger partial charge in [-0.1, -0.05) is 0 Å². The SMILES string of the molecule is O=C(O)C(NCC1CCCO1)C1CCCO1. The molecule has 5 nitrogen and oxygen atoms in total. The zero-order valence-corrected chi connectivity index (χ0v) is 9.35. The maximum absolute atomic E-state index is 11.1. The second kappa shape index (κ2) is 5.61. The van der Waals surface area contributed by atoms with Gasteiger partial charge >= 0.3 is 5.97 Å². The molecule has 2 rings (SSSR count). The van der Waals surface area contributed by atoms with Crippen LogP contribution < -0.4 is 5.32 Å². The summed E-state index contributed by atoms with van der Waals surface area (Å²) in [4.78, 5) is 11.1. The number of hydrogen-bond donors (Lipinski definition) is 2. The molecule has 2 fully saturated rings. The van der Waals surface area contributed by atoms with E-state index in [1.807, 2.05) is 0 Å². The van der Waals surface area contributed by atoms with Gasteiger partial charge in [0.2, 0.25) is 0 Å². The van der Waals surface area contributed by atoms with Crippen LogP contribution in [0.4, 0.5) is 0 Å². The van der Waals surface area contributed by atoms with Crippen molar-refractivity contribution in [2.24, 2.45) is 0 Å². The fourth-order valence-electron chi connectivity index (χ4n) is 2.31. The Bertz CT molecular complexity index is 234. The molecule has 2 aliphatic rings. The molecule has 92 valence electrons. The highest BCUT2D eigenvalue weighted by Crippen LogP contribution is 2.17. The van der Waals surface area contributed by atoms with Gasteiger partial charge in [0.1, 0.15) is 6.04 Å². The first kappa shape index (κ1) is 11.8. The second-order valence-corrected chi connectivity index (χ2v) is 4.41. The number of carbonyl (C=O) groups is 1. The molecule has 0 aromatic heterocycles. The molecule has 0 aromatic rings. The highest BCUT2D eigenvalue weighted by atomic mass is 16.5. The van der Waals surface area contributed by atoms with Crippen LogP contribution in [0.15, 0.2) is 0 Å². The molecule has 2 aliphatic heterocycles. The average molecular weight is 229 g/mol. The van der Waals surface area contributed by atoms with Crippen LogP contribution in [-0.4, -0.2) is 49.1 Å². The van der Waals surface area contributed by atoms with Gasteiger partial charge in [0.25, 0.3) is 0 Å². The molecule has 5 heteroatoms. The van der Waals surface area contributed by atoms with Crippen LogP contribution in [-0.2, 0) is 14.3 Å². The Kier molecular flexibility index (Phi) is 4.15. The molecule has 3 unspecified atom stereocenters. The molecule has 16 heavy (non-hydrogen) atoms. The summed E-state index contributed by atoms with van der Waals surface area (Å²) in [5.41, 5.74) is 0. The molecule has 0 saturated carbocycles. The normalized spacial score (nSPS) is 31.8. The van der Waals surface area contributed by atoms with Crippen LogP contribution in [0.25, 0.3) is 0 Å².